The van der Waals surface area contributed by atoms with Gasteiger partial charge in [-0.2, -0.15) is 8.78 Å². The van der Waals surface area contributed by atoms with Crippen LogP contribution in [0.2, 0.25) is 0 Å². The molecule has 5 nitrogen and oxygen atoms in total. The lowest BCUT2D eigenvalue weighted by molar-refractivity contribution is -0.0527. The highest BCUT2D eigenvalue weighted by atomic mass is 79.9. The maximum atomic E-state index is 12.5. The Morgan fingerprint density at radius 2 is 2.25 bits per heavy atom. The first kappa shape index (κ1) is 13.0. The van der Waals surface area contributed by atoms with Crippen LogP contribution in [0.3, 0.4) is 0 Å². The lowest BCUT2D eigenvalue weighted by Gasteiger charge is -2.03. The van der Waals surface area contributed by atoms with Crippen molar-refractivity contribution in [2.24, 2.45) is 7.05 Å². The van der Waals surface area contributed by atoms with Gasteiger partial charge in [-0.05, 0) is 28.1 Å². The minimum absolute atomic E-state index is 0.118. The zero-order chi connectivity index (χ0) is 14.3. The van der Waals surface area contributed by atoms with Crippen LogP contribution in [0.15, 0.2) is 29.1 Å². The van der Waals surface area contributed by atoms with Gasteiger partial charge in [0.15, 0.2) is 0 Å². The van der Waals surface area contributed by atoms with Gasteiger partial charge in [0.2, 0.25) is 5.88 Å². The van der Waals surface area contributed by atoms with Crippen molar-refractivity contribution in [3.63, 3.8) is 0 Å². The molecule has 8 heteroatoms. The van der Waals surface area contributed by atoms with E-state index in [9.17, 15) is 8.78 Å². The van der Waals surface area contributed by atoms with E-state index in [1.807, 2.05) is 6.07 Å². The quantitative estimate of drug-likeness (QED) is 0.794. The number of rotatable bonds is 3. The summed E-state index contributed by atoms with van der Waals surface area (Å²) in [6.07, 6.45) is 3.27. The van der Waals surface area contributed by atoms with Gasteiger partial charge in [-0.15, -0.1) is 5.10 Å². The van der Waals surface area contributed by atoms with E-state index in [0.717, 1.165) is 5.39 Å². The third kappa shape index (κ3) is 2.15. The summed E-state index contributed by atoms with van der Waals surface area (Å²) in [4.78, 5) is 7.22. The zero-order valence-corrected chi connectivity index (χ0v) is 11.9. The van der Waals surface area contributed by atoms with E-state index in [0.29, 0.717) is 21.4 Å². The number of ether oxygens (including phenoxy) is 1. The Hall–Kier alpha value is -1.96. The molecule has 3 rings (SSSR count). The summed E-state index contributed by atoms with van der Waals surface area (Å²) in [7, 11) is 1.64. The van der Waals surface area contributed by atoms with Gasteiger partial charge in [0.1, 0.15) is 5.65 Å². The van der Waals surface area contributed by atoms with Crippen LogP contribution in [0.4, 0.5) is 8.78 Å². The van der Waals surface area contributed by atoms with E-state index in [1.165, 1.54) is 4.68 Å². The highest BCUT2D eigenvalue weighted by Gasteiger charge is 2.21. The average molecular weight is 343 g/mol. The van der Waals surface area contributed by atoms with Crippen molar-refractivity contribution in [3.05, 3.63) is 29.1 Å². The standard InChI is InChI=1S/C12H9BrF2N4O/c1-19-5-7(11(18-19)20-12(14)15)8-6-3-2-4-16-10(6)17-9(8)13/h2-5,12H,1H3,(H,16,17). The Balaban J connectivity index is 2.23. The number of hydrogen-bond donors (Lipinski definition) is 1. The topological polar surface area (TPSA) is 55.7 Å². The van der Waals surface area contributed by atoms with Gasteiger partial charge in [-0.1, -0.05) is 0 Å². The Morgan fingerprint density at radius 1 is 1.45 bits per heavy atom. The van der Waals surface area contributed by atoms with Crippen molar-refractivity contribution in [1.82, 2.24) is 19.7 Å². The number of fused-ring (bicyclic) bond motifs is 1. The number of halogens is 3. The molecule has 0 aliphatic rings. The third-order valence-electron chi connectivity index (χ3n) is 2.79. The van der Waals surface area contributed by atoms with Crippen molar-refractivity contribution in [3.8, 4) is 17.0 Å². The van der Waals surface area contributed by atoms with Crippen molar-refractivity contribution in [2.75, 3.05) is 0 Å². The summed E-state index contributed by atoms with van der Waals surface area (Å²) in [5, 5.41) is 4.71. The van der Waals surface area contributed by atoms with Crippen LogP contribution < -0.4 is 4.74 Å². The molecule has 0 radical (unpaired) electrons. The molecule has 104 valence electrons. The molecule has 0 spiro atoms. The first-order valence-electron chi connectivity index (χ1n) is 5.67. The number of pyridine rings is 1. The maximum absolute atomic E-state index is 12.5. The van der Waals surface area contributed by atoms with E-state index < -0.39 is 6.61 Å². The molecule has 1 N–H and O–H groups in total. The Kier molecular flexibility index (Phi) is 3.17. The summed E-state index contributed by atoms with van der Waals surface area (Å²) >= 11 is 3.38. The molecule has 0 saturated heterocycles. The molecule has 0 bridgehead atoms. The van der Waals surface area contributed by atoms with Crippen LogP contribution in [0.25, 0.3) is 22.2 Å². The Bertz CT molecular complexity index is 768. The van der Waals surface area contributed by atoms with Crippen molar-refractivity contribution in [1.29, 1.82) is 0 Å². The smallest absolute Gasteiger partial charge is 0.388 e. The maximum Gasteiger partial charge on any atom is 0.388 e. The predicted octanol–water partition coefficient (Wildman–Crippen LogP) is 3.33. The number of aryl methyl sites for hydroxylation is 1. The predicted molar refractivity (Wildman–Crippen MR) is 72.6 cm³/mol. The molecule has 0 aliphatic heterocycles. The van der Waals surface area contributed by atoms with E-state index in [1.54, 1.807) is 25.5 Å². The highest BCUT2D eigenvalue weighted by molar-refractivity contribution is 9.10. The minimum Gasteiger partial charge on any atom is -0.415 e. The molecule has 0 atom stereocenters. The summed E-state index contributed by atoms with van der Waals surface area (Å²) in [6, 6.07) is 3.62. The number of alkyl halides is 2. The van der Waals surface area contributed by atoms with Crippen LogP contribution in [-0.2, 0) is 7.05 Å². The lowest BCUT2D eigenvalue weighted by Crippen LogP contribution is -2.03. The van der Waals surface area contributed by atoms with Gasteiger partial charge in [-0.3, -0.25) is 4.68 Å². The van der Waals surface area contributed by atoms with Gasteiger partial charge in [-0.25, -0.2) is 4.98 Å². The molecule has 0 aromatic carbocycles. The molecule has 0 saturated carbocycles. The van der Waals surface area contributed by atoms with E-state index in [2.05, 4.69) is 35.7 Å². The normalized spacial score (nSPS) is 11.4. The fraction of sp³-hybridized carbons (Fsp3) is 0.167. The molecule has 3 aromatic rings. The van der Waals surface area contributed by atoms with Gasteiger partial charge in [0.25, 0.3) is 0 Å². The van der Waals surface area contributed by atoms with Gasteiger partial charge in [0, 0.05) is 30.4 Å². The number of hydrogen-bond acceptors (Lipinski definition) is 3. The number of nitrogens with one attached hydrogen (secondary N) is 1. The molecule has 3 heterocycles. The zero-order valence-electron chi connectivity index (χ0n) is 10.3. The second-order valence-corrected chi connectivity index (χ2v) is 4.91. The van der Waals surface area contributed by atoms with Crippen LogP contribution in [0.5, 0.6) is 5.88 Å². The molecule has 20 heavy (non-hydrogen) atoms. The van der Waals surface area contributed by atoms with Crippen LogP contribution in [0, 0.1) is 0 Å². The fourth-order valence-electron chi connectivity index (χ4n) is 2.07. The van der Waals surface area contributed by atoms with Gasteiger partial charge in [0.05, 0.1) is 10.2 Å². The lowest BCUT2D eigenvalue weighted by atomic mass is 10.1. The number of aromatic amines is 1. The summed E-state index contributed by atoms with van der Waals surface area (Å²) < 4.78 is 31.5. The summed E-state index contributed by atoms with van der Waals surface area (Å²) in [5.74, 6) is -0.118. The molecular formula is C12H9BrF2N4O. The SMILES string of the molecule is Cn1cc(-c2c(Br)[nH]c3ncccc23)c(OC(F)F)n1. The van der Waals surface area contributed by atoms with E-state index in [-0.39, 0.29) is 5.88 Å². The first-order chi connectivity index (χ1) is 9.56. The van der Waals surface area contributed by atoms with E-state index in [4.69, 9.17) is 0 Å². The summed E-state index contributed by atoms with van der Waals surface area (Å²) in [5.41, 5.74) is 1.82. The monoisotopic (exact) mass is 342 g/mol. The second-order valence-electron chi connectivity index (χ2n) is 4.11. The van der Waals surface area contributed by atoms with Crippen molar-refractivity contribution >= 4 is 27.0 Å². The van der Waals surface area contributed by atoms with E-state index >= 15 is 0 Å². The molecule has 0 amide bonds. The van der Waals surface area contributed by atoms with Gasteiger partial charge >= 0.3 is 6.61 Å². The van der Waals surface area contributed by atoms with Crippen molar-refractivity contribution in [2.45, 2.75) is 6.61 Å². The molecule has 0 aliphatic carbocycles. The van der Waals surface area contributed by atoms with Crippen LogP contribution in [0.1, 0.15) is 0 Å². The largest absolute Gasteiger partial charge is 0.415 e. The third-order valence-corrected chi connectivity index (χ3v) is 3.38. The van der Waals surface area contributed by atoms with Crippen LogP contribution >= 0.6 is 15.9 Å². The number of nitrogens with zero attached hydrogens (tertiary/aromatic N) is 3. The molecular weight excluding hydrogens is 334 g/mol. The highest BCUT2D eigenvalue weighted by Crippen LogP contribution is 2.39. The summed E-state index contributed by atoms with van der Waals surface area (Å²) in [6.45, 7) is -2.93. The van der Waals surface area contributed by atoms with Crippen LogP contribution in [-0.4, -0.2) is 26.4 Å². The molecule has 0 fully saturated rings. The molecule has 3 aromatic heterocycles. The number of aromatic nitrogens is 4. The Labute approximate surface area is 120 Å². The minimum atomic E-state index is -2.93. The second kappa shape index (κ2) is 4.86. The Morgan fingerprint density at radius 3 is 3.00 bits per heavy atom. The van der Waals surface area contributed by atoms with Crippen molar-refractivity contribution < 1.29 is 13.5 Å². The average Bonchev–Trinajstić information content (AvgIpc) is 2.87. The van der Waals surface area contributed by atoms with Gasteiger partial charge < -0.3 is 9.72 Å². The first-order valence-corrected chi connectivity index (χ1v) is 6.46. The fourth-order valence-corrected chi connectivity index (χ4v) is 2.68. The molecule has 0 unspecified atom stereocenters. The number of H-pyrrole nitrogens is 1.